The lowest BCUT2D eigenvalue weighted by Gasteiger charge is -2.30. The molecule has 1 heterocycles. The summed E-state index contributed by atoms with van der Waals surface area (Å²) in [5, 5.41) is 0. The Labute approximate surface area is 103 Å². The first-order chi connectivity index (χ1) is 8.10. The van der Waals surface area contributed by atoms with Gasteiger partial charge in [0.15, 0.2) is 0 Å². The number of rotatable bonds is 6. The van der Waals surface area contributed by atoms with E-state index < -0.39 is 0 Å². The number of esters is 1. The van der Waals surface area contributed by atoms with E-state index in [1.54, 1.807) is 6.92 Å². The van der Waals surface area contributed by atoms with E-state index in [2.05, 4.69) is 4.90 Å². The molecule has 98 valence electrons. The molecule has 0 saturated carbocycles. The highest BCUT2D eigenvalue weighted by Gasteiger charge is 2.34. The van der Waals surface area contributed by atoms with Crippen LogP contribution in [0, 0.1) is 0 Å². The third-order valence-electron chi connectivity index (χ3n) is 3.29. The first kappa shape index (κ1) is 14.2. The van der Waals surface area contributed by atoms with Crippen molar-refractivity contribution >= 4 is 11.8 Å². The molecule has 0 aliphatic carbocycles. The fourth-order valence-corrected chi connectivity index (χ4v) is 2.59. The van der Waals surface area contributed by atoms with E-state index >= 15 is 0 Å². The van der Waals surface area contributed by atoms with Crippen LogP contribution in [0.4, 0.5) is 0 Å². The minimum absolute atomic E-state index is 0.148. The first-order valence-corrected chi connectivity index (χ1v) is 6.51. The quantitative estimate of drug-likeness (QED) is 0.665. The standard InChI is InChI=1S/C13H23NO3/c1-4-12(13(16)17-5-2)14-8-6-7-11(14)9-10(3)15/h11-12H,4-9H2,1-3H3. The SMILES string of the molecule is CCOC(=O)C(CC)N1CCCC1CC(C)=O. The topological polar surface area (TPSA) is 46.6 Å². The van der Waals surface area contributed by atoms with Gasteiger partial charge in [-0.2, -0.15) is 0 Å². The lowest BCUT2D eigenvalue weighted by atomic mass is 10.1. The second-order valence-electron chi connectivity index (χ2n) is 4.62. The molecule has 0 aromatic carbocycles. The largest absolute Gasteiger partial charge is 0.465 e. The van der Waals surface area contributed by atoms with Crippen LogP contribution in [0.25, 0.3) is 0 Å². The average Bonchev–Trinajstić information content (AvgIpc) is 2.67. The molecule has 0 radical (unpaired) electrons. The monoisotopic (exact) mass is 241 g/mol. The summed E-state index contributed by atoms with van der Waals surface area (Å²) >= 11 is 0. The van der Waals surface area contributed by atoms with Gasteiger partial charge >= 0.3 is 5.97 Å². The van der Waals surface area contributed by atoms with Crippen LogP contribution in [0.15, 0.2) is 0 Å². The van der Waals surface area contributed by atoms with E-state index in [1.165, 1.54) is 0 Å². The predicted molar refractivity (Wildman–Crippen MR) is 65.7 cm³/mol. The van der Waals surface area contributed by atoms with Crippen LogP contribution in [0.2, 0.25) is 0 Å². The highest BCUT2D eigenvalue weighted by Crippen LogP contribution is 2.24. The zero-order chi connectivity index (χ0) is 12.8. The van der Waals surface area contributed by atoms with E-state index in [1.807, 2.05) is 13.8 Å². The number of hydrogen-bond donors (Lipinski definition) is 0. The second kappa shape index (κ2) is 6.74. The van der Waals surface area contributed by atoms with Crippen molar-refractivity contribution in [3.63, 3.8) is 0 Å². The van der Waals surface area contributed by atoms with Crippen molar-refractivity contribution < 1.29 is 14.3 Å². The molecule has 1 aliphatic rings. The Morgan fingerprint density at radius 3 is 2.65 bits per heavy atom. The molecule has 4 heteroatoms. The fraction of sp³-hybridized carbons (Fsp3) is 0.846. The predicted octanol–water partition coefficient (Wildman–Crippen LogP) is 1.77. The molecular formula is C13H23NO3. The fourth-order valence-electron chi connectivity index (χ4n) is 2.59. The van der Waals surface area contributed by atoms with Crippen molar-refractivity contribution in [3.05, 3.63) is 0 Å². The highest BCUT2D eigenvalue weighted by atomic mass is 16.5. The van der Waals surface area contributed by atoms with Crippen LogP contribution in [-0.4, -0.2) is 41.9 Å². The van der Waals surface area contributed by atoms with Crippen LogP contribution in [0.1, 0.15) is 46.5 Å². The Morgan fingerprint density at radius 2 is 2.12 bits per heavy atom. The zero-order valence-corrected chi connectivity index (χ0v) is 11.1. The molecule has 17 heavy (non-hydrogen) atoms. The molecule has 0 aromatic rings. The Balaban J connectivity index is 2.66. The van der Waals surface area contributed by atoms with Crippen molar-refractivity contribution in [2.45, 2.75) is 58.5 Å². The summed E-state index contributed by atoms with van der Waals surface area (Å²) < 4.78 is 5.10. The summed E-state index contributed by atoms with van der Waals surface area (Å²) in [6, 6.07) is 0.0451. The Hall–Kier alpha value is -0.900. The van der Waals surface area contributed by atoms with E-state index in [0.29, 0.717) is 13.0 Å². The molecule has 1 saturated heterocycles. The molecular weight excluding hydrogens is 218 g/mol. The van der Waals surface area contributed by atoms with Crippen molar-refractivity contribution in [2.24, 2.45) is 0 Å². The van der Waals surface area contributed by atoms with Crippen LogP contribution >= 0.6 is 0 Å². The number of Topliss-reactive ketones (excluding diaryl/α,β-unsaturated/α-hetero) is 1. The Bertz CT molecular complexity index is 278. The van der Waals surface area contributed by atoms with Gasteiger partial charge in [-0.25, -0.2) is 0 Å². The number of ketones is 1. The zero-order valence-electron chi connectivity index (χ0n) is 11.1. The molecule has 0 aromatic heterocycles. The summed E-state index contributed by atoms with van der Waals surface area (Å²) in [6.45, 7) is 6.74. The Morgan fingerprint density at radius 1 is 1.41 bits per heavy atom. The van der Waals surface area contributed by atoms with Crippen LogP contribution in [0.5, 0.6) is 0 Å². The smallest absolute Gasteiger partial charge is 0.323 e. The van der Waals surface area contributed by atoms with E-state index in [0.717, 1.165) is 25.8 Å². The minimum Gasteiger partial charge on any atom is -0.465 e. The van der Waals surface area contributed by atoms with Gasteiger partial charge in [0.1, 0.15) is 11.8 Å². The molecule has 1 rings (SSSR count). The molecule has 0 amide bonds. The second-order valence-corrected chi connectivity index (χ2v) is 4.62. The van der Waals surface area contributed by atoms with Crippen LogP contribution in [-0.2, 0) is 14.3 Å². The van der Waals surface area contributed by atoms with Gasteiger partial charge in [0.05, 0.1) is 6.61 Å². The highest BCUT2D eigenvalue weighted by molar-refractivity contribution is 5.77. The van der Waals surface area contributed by atoms with Crippen molar-refractivity contribution in [2.75, 3.05) is 13.2 Å². The van der Waals surface area contributed by atoms with Gasteiger partial charge in [0, 0.05) is 12.5 Å². The lowest BCUT2D eigenvalue weighted by Crippen LogP contribution is -2.45. The molecule has 0 bridgehead atoms. The number of ether oxygens (including phenoxy) is 1. The van der Waals surface area contributed by atoms with Gasteiger partial charge in [-0.05, 0) is 39.7 Å². The summed E-state index contributed by atoms with van der Waals surface area (Å²) in [7, 11) is 0. The van der Waals surface area contributed by atoms with Crippen molar-refractivity contribution in [1.82, 2.24) is 4.90 Å². The van der Waals surface area contributed by atoms with E-state index in [9.17, 15) is 9.59 Å². The molecule has 2 unspecified atom stereocenters. The van der Waals surface area contributed by atoms with Gasteiger partial charge in [-0.15, -0.1) is 0 Å². The summed E-state index contributed by atoms with van der Waals surface area (Å²) in [6.07, 6.45) is 3.37. The number of likely N-dealkylation sites (tertiary alicyclic amines) is 1. The van der Waals surface area contributed by atoms with Gasteiger partial charge in [0.25, 0.3) is 0 Å². The van der Waals surface area contributed by atoms with Gasteiger partial charge in [0.2, 0.25) is 0 Å². The molecule has 1 fully saturated rings. The maximum atomic E-state index is 11.8. The molecule has 0 N–H and O–H groups in total. The lowest BCUT2D eigenvalue weighted by molar-refractivity contribution is -0.150. The molecule has 4 nitrogen and oxygen atoms in total. The molecule has 0 spiro atoms. The minimum atomic E-state index is -0.179. The number of nitrogens with zero attached hydrogens (tertiary/aromatic N) is 1. The van der Waals surface area contributed by atoms with Crippen molar-refractivity contribution in [1.29, 1.82) is 0 Å². The number of carbonyl (C=O) groups is 2. The molecule has 1 aliphatic heterocycles. The summed E-state index contributed by atoms with van der Waals surface area (Å²) in [4.78, 5) is 25.2. The van der Waals surface area contributed by atoms with Crippen LogP contribution < -0.4 is 0 Å². The Kier molecular flexibility index (Phi) is 5.62. The third-order valence-corrected chi connectivity index (χ3v) is 3.29. The van der Waals surface area contributed by atoms with Crippen molar-refractivity contribution in [3.8, 4) is 0 Å². The van der Waals surface area contributed by atoms with E-state index in [4.69, 9.17) is 4.74 Å². The maximum absolute atomic E-state index is 11.8. The van der Waals surface area contributed by atoms with Gasteiger partial charge in [-0.3, -0.25) is 14.5 Å². The average molecular weight is 241 g/mol. The number of carbonyl (C=O) groups excluding carboxylic acids is 2. The normalized spacial score (nSPS) is 22.4. The van der Waals surface area contributed by atoms with Crippen LogP contribution in [0.3, 0.4) is 0 Å². The van der Waals surface area contributed by atoms with Gasteiger partial charge < -0.3 is 4.74 Å². The number of hydrogen-bond acceptors (Lipinski definition) is 4. The molecule has 2 atom stereocenters. The third kappa shape index (κ3) is 3.80. The van der Waals surface area contributed by atoms with E-state index in [-0.39, 0.29) is 23.8 Å². The summed E-state index contributed by atoms with van der Waals surface area (Å²) in [5.41, 5.74) is 0. The summed E-state index contributed by atoms with van der Waals surface area (Å²) in [5.74, 6) is 0.0473. The maximum Gasteiger partial charge on any atom is 0.323 e. The van der Waals surface area contributed by atoms with Gasteiger partial charge in [-0.1, -0.05) is 6.92 Å². The first-order valence-electron chi connectivity index (χ1n) is 6.51.